The number of carbonyl (C=O) groups is 1. The molecular weight excluding hydrogens is 388 g/mol. The summed E-state index contributed by atoms with van der Waals surface area (Å²) in [6.07, 6.45) is 2.04. The topological polar surface area (TPSA) is 82.1 Å². The zero-order chi connectivity index (χ0) is 21.2. The van der Waals surface area contributed by atoms with Crippen molar-refractivity contribution in [2.45, 2.75) is 25.8 Å². The SMILES string of the molecule is CCC(=O)N1N=C(c2cccc(NS(C)(=O)=O)c2)C[C@H]1c1ccc(N(C)C)cc1. The molecule has 154 valence electrons. The Kier molecular flexibility index (Phi) is 5.93. The highest BCUT2D eigenvalue weighted by Gasteiger charge is 2.32. The van der Waals surface area contributed by atoms with Crippen molar-refractivity contribution in [3.05, 3.63) is 59.7 Å². The zero-order valence-electron chi connectivity index (χ0n) is 17.1. The molecule has 29 heavy (non-hydrogen) atoms. The number of anilines is 2. The molecule has 0 unspecified atom stereocenters. The molecule has 2 aromatic rings. The third kappa shape index (κ3) is 4.95. The second-order valence-electron chi connectivity index (χ2n) is 7.30. The Hall–Kier alpha value is -2.87. The van der Waals surface area contributed by atoms with Crippen LogP contribution in [0, 0.1) is 0 Å². The number of benzene rings is 2. The molecule has 7 nitrogen and oxygen atoms in total. The lowest BCUT2D eigenvalue weighted by molar-refractivity contribution is -0.132. The fourth-order valence-corrected chi connectivity index (χ4v) is 3.86. The van der Waals surface area contributed by atoms with Gasteiger partial charge in [0.05, 0.1) is 18.0 Å². The quantitative estimate of drug-likeness (QED) is 0.787. The number of hydrogen-bond acceptors (Lipinski definition) is 5. The fraction of sp³-hybridized carbons (Fsp3) is 0.333. The maximum absolute atomic E-state index is 12.5. The van der Waals surface area contributed by atoms with Gasteiger partial charge in [-0.15, -0.1) is 0 Å². The zero-order valence-corrected chi connectivity index (χ0v) is 17.9. The number of hydrogen-bond donors (Lipinski definition) is 1. The number of sulfonamides is 1. The summed E-state index contributed by atoms with van der Waals surface area (Å²) >= 11 is 0. The van der Waals surface area contributed by atoms with E-state index in [1.807, 2.05) is 56.3 Å². The average molecular weight is 415 g/mol. The molecule has 1 aliphatic rings. The van der Waals surface area contributed by atoms with Gasteiger partial charge in [-0.3, -0.25) is 9.52 Å². The molecule has 1 amide bonds. The molecule has 1 aliphatic heterocycles. The Labute approximate surface area is 172 Å². The van der Waals surface area contributed by atoms with Crippen LogP contribution in [0.3, 0.4) is 0 Å². The molecule has 0 saturated carbocycles. The number of hydrazone groups is 1. The van der Waals surface area contributed by atoms with Crippen LogP contribution in [0.5, 0.6) is 0 Å². The van der Waals surface area contributed by atoms with Crippen molar-refractivity contribution in [3.8, 4) is 0 Å². The lowest BCUT2D eigenvalue weighted by Gasteiger charge is -2.22. The van der Waals surface area contributed by atoms with E-state index in [0.717, 1.165) is 28.8 Å². The van der Waals surface area contributed by atoms with Crippen molar-refractivity contribution in [2.24, 2.45) is 5.10 Å². The smallest absolute Gasteiger partial charge is 0.242 e. The van der Waals surface area contributed by atoms with Gasteiger partial charge in [-0.1, -0.05) is 31.2 Å². The van der Waals surface area contributed by atoms with E-state index < -0.39 is 10.0 Å². The van der Waals surface area contributed by atoms with Crippen LogP contribution < -0.4 is 9.62 Å². The van der Waals surface area contributed by atoms with E-state index in [1.165, 1.54) is 0 Å². The second-order valence-corrected chi connectivity index (χ2v) is 9.05. The Morgan fingerprint density at radius 1 is 1.21 bits per heavy atom. The summed E-state index contributed by atoms with van der Waals surface area (Å²) in [5, 5.41) is 6.15. The maximum atomic E-state index is 12.5. The maximum Gasteiger partial charge on any atom is 0.242 e. The summed E-state index contributed by atoms with van der Waals surface area (Å²) in [7, 11) is 0.596. The Balaban J connectivity index is 1.91. The van der Waals surface area contributed by atoms with Crippen LogP contribution >= 0.6 is 0 Å². The molecule has 0 aromatic heterocycles. The van der Waals surface area contributed by atoms with Gasteiger partial charge in [0, 0.05) is 38.3 Å². The molecule has 0 aliphatic carbocycles. The predicted molar refractivity (Wildman–Crippen MR) is 117 cm³/mol. The van der Waals surface area contributed by atoms with E-state index in [9.17, 15) is 13.2 Å². The third-order valence-corrected chi connectivity index (χ3v) is 5.37. The van der Waals surface area contributed by atoms with Crippen LogP contribution in [0.25, 0.3) is 0 Å². The highest BCUT2D eigenvalue weighted by molar-refractivity contribution is 7.92. The van der Waals surface area contributed by atoms with Gasteiger partial charge in [0.2, 0.25) is 15.9 Å². The number of carbonyl (C=O) groups excluding carboxylic acids is 1. The van der Waals surface area contributed by atoms with Gasteiger partial charge >= 0.3 is 0 Å². The van der Waals surface area contributed by atoms with Crippen molar-refractivity contribution in [2.75, 3.05) is 30.0 Å². The molecule has 2 aromatic carbocycles. The van der Waals surface area contributed by atoms with Gasteiger partial charge in [-0.25, -0.2) is 13.4 Å². The van der Waals surface area contributed by atoms with Gasteiger partial charge in [0.1, 0.15) is 0 Å². The summed E-state index contributed by atoms with van der Waals surface area (Å²) in [5.41, 5.74) is 4.12. The minimum absolute atomic E-state index is 0.0490. The van der Waals surface area contributed by atoms with Crippen LogP contribution in [0.4, 0.5) is 11.4 Å². The Morgan fingerprint density at radius 3 is 2.48 bits per heavy atom. The highest BCUT2D eigenvalue weighted by Crippen LogP contribution is 2.34. The van der Waals surface area contributed by atoms with Crippen LogP contribution in [0.2, 0.25) is 0 Å². The second kappa shape index (κ2) is 8.24. The van der Waals surface area contributed by atoms with Crippen LogP contribution in [-0.4, -0.2) is 45.4 Å². The molecule has 0 spiro atoms. The third-order valence-electron chi connectivity index (χ3n) is 4.76. The van der Waals surface area contributed by atoms with Crippen molar-refractivity contribution in [1.82, 2.24) is 5.01 Å². The standard InChI is InChI=1S/C21H26N4O3S/c1-5-21(26)25-20(15-9-11-18(12-10-15)24(2)3)14-19(22-25)16-7-6-8-17(13-16)23-29(4,27)28/h6-13,20,23H,5,14H2,1-4H3/t20-/m0/s1. The van der Waals surface area contributed by atoms with Gasteiger partial charge in [-0.2, -0.15) is 5.10 Å². The fourth-order valence-electron chi connectivity index (χ4n) is 3.31. The summed E-state index contributed by atoms with van der Waals surface area (Å²) < 4.78 is 25.5. The van der Waals surface area contributed by atoms with Crippen molar-refractivity contribution < 1.29 is 13.2 Å². The van der Waals surface area contributed by atoms with Crippen molar-refractivity contribution in [3.63, 3.8) is 0 Å². The van der Waals surface area contributed by atoms with E-state index in [1.54, 1.807) is 23.2 Å². The predicted octanol–water partition coefficient (Wildman–Crippen LogP) is 3.21. The minimum Gasteiger partial charge on any atom is -0.378 e. The van der Waals surface area contributed by atoms with E-state index in [-0.39, 0.29) is 11.9 Å². The Bertz CT molecular complexity index is 1030. The molecule has 1 atom stereocenters. The van der Waals surface area contributed by atoms with E-state index in [4.69, 9.17) is 0 Å². The van der Waals surface area contributed by atoms with E-state index >= 15 is 0 Å². The van der Waals surface area contributed by atoms with Crippen molar-refractivity contribution >= 4 is 33.0 Å². The first-order chi connectivity index (χ1) is 13.7. The normalized spacial score (nSPS) is 16.5. The molecule has 0 radical (unpaired) electrons. The van der Waals surface area contributed by atoms with Gasteiger partial charge < -0.3 is 4.90 Å². The van der Waals surface area contributed by atoms with Gasteiger partial charge in [0.15, 0.2) is 0 Å². The van der Waals surface area contributed by atoms with Gasteiger partial charge in [-0.05, 0) is 35.4 Å². The summed E-state index contributed by atoms with van der Waals surface area (Å²) in [6.45, 7) is 1.82. The van der Waals surface area contributed by atoms with E-state index in [0.29, 0.717) is 18.5 Å². The molecular formula is C21H26N4O3S. The van der Waals surface area contributed by atoms with Gasteiger partial charge in [0.25, 0.3) is 0 Å². The highest BCUT2D eigenvalue weighted by atomic mass is 32.2. The first kappa shape index (κ1) is 20.9. The first-order valence-electron chi connectivity index (χ1n) is 9.43. The van der Waals surface area contributed by atoms with Crippen LogP contribution in [-0.2, 0) is 14.8 Å². The molecule has 3 rings (SSSR count). The monoisotopic (exact) mass is 414 g/mol. The summed E-state index contributed by atoms with van der Waals surface area (Å²) in [4.78, 5) is 14.5. The van der Waals surface area contributed by atoms with E-state index in [2.05, 4.69) is 9.82 Å². The molecule has 1 heterocycles. The number of nitrogens with one attached hydrogen (secondary N) is 1. The lowest BCUT2D eigenvalue weighted by atomic mass is 9.98. The molecule has 0 bridgehead atoms. The molecule has 0 saturated heterocycles. The number of amides is 1. The number of rotatable bonds is 6. The average Bonchev–Trinajstić information content (AvgIpc) is 3.12. The molecule has 1 N–H and O–H groups in total. The van der Waals surface area contributed by atoms with Crippen molar-refractivity contribution in [1.29, 1.82) is 0 Å². The summed E-state index contributed by atoms with van der Waals surface area (Å²) in [6, 6.07) is 15.0. The minimum atomic E-state index is -3.37. The molecule has 0 fully saturated rings. The number of nitrogens with zero attached hydrogens (tertiary/aromatic N) is 3. The first-order valence-corrected chi connectivity index (χ1v) is 11.3. The Morgan fingerprint density at radius 2 is 1.90 bits per heavy atom. The molecule has 8 heteroatoms. The largest absolute Gasteiger partial charge is 0.378 e. The summed E-state index contributed by atoms with van der Waals surface area (Å²) in [5.74, 6) is -0.0490. The lowest BCUT2D eigenvalue weighted by Crippen LogP contribution is -2.26. The van der Waals surface area contributed by atoms with Crippen LogP contribution in [0.15, 0.2) is 53.6 Å². The van der Waals surface area contributed by atoms with Crippen LogP contribution in [0.1, 0.15) is 36.9 Å².